The summed E-state index contributed by atoms with van der Waals surface area (Å²) in [5, 5.41) is 8.96. The highest BCUT2D eigenvalue weighted by atomic mass is 14.3. The molecular formula is C17H13N. The molecule has 0 saturated carbocycles. The van der Waals surface area contributed by atoms with Crippen molar-refractivity contribution in [3.63, 3.8) is 0 Å². The van der Waals surface area contributed by atoms with Crippen molar-refractivity contribution in [3.05, 3.63) is 70.8 Å². The van der Waals surface area contributed by atoms with E-state index in [2.05, 4.69) is 48.6 Å². The molecule has 1 atom stereocenters. The Morgan fingerprint density at radius 2 is 1.78 bits per heavy atom. The van der Waals surface area contributed by atoms with Crippen LogP contribution in [0.5, 0.6) is 0 Å². The second-order valence-electron chi connectivity index (χ2n) is 4.59. The van der Waals surface area contributed by atoms with Gasteiger partial charge in [0, 0.05) is 0 Å². The number of hydrogen-bond acceptors (Lipinski definition) is 1. The fraction of sp³-hybridized carbons (Fsp3) is 0.118. The quantitative estimate of drug-likeness (QED) is 0.716. The molecule has 3 rings (SSSR count). The number of nitriles is 1. The zero-order valence-corrected chi connectivity index (χ0v) is 10.0. The summed E-state index contributed by atoms with van der Waals surface area (Å²) in [6.45, 7) is 0. The Morgan fingerprint density at radius 3 is 2.56 bits per heavy atom. The van der Waals surface area contributed by atoms with Gasteiger partial charge in [-0.2, -0.15) is 5.26 Å². The second kappa shape index (κ2) is 4.50. The number of fused-ring (bicyclic) bond motifs is 1. The zero-order chi connectivity index (χ0) is 12.4. The van der Waals surface area contributed by atoms with Crippen LogP contribution in [0.3, 0.4) is 0 Å². The van der Waals surface area contributed by atoms with Gasteiger partial charge in [-0.1, -0.05) is 60.7 Å². The van der Waals surface area contributed by atoms with Crippen LogP contribution < -0.4 is 0 Å². The molecule has 0 saturated heterocycles. The first-order valence-electron chi connectivity index (χ1n) is 6.12. The molecule has 0 amide bonds. The fourth-order valence-electron chi connectivity index (χ4n) is 2.30. The highest BCUT2D eigenvalue weighted by Crippen LogP contribution is 2.35. The molecule has 1 heteroatoms. The third-order valence-corrected chi connectivity index (χ3v) is 3.39. The summed E-state index contributed by atoms with van der Waals surface area (Å²) in [5.41, 5.74) is 4.88. The number of nitrogens with zero attached hydrogens (tertiary/aromatic N) is 1. The maximum atomic E-state index is 8.96. The molecule has 0 fully saturated rings. The Balaban J connectivity index is 1.85. The smallest absolute Gasteiger partial charge is 0.0756 e. The van der Waals surface area contributed by atoms with Crippen molar-refractivity contribution in [1.82, 2.24) is 0 Å². The van der Waals surface area contributed by atoms with E-state index in [1.165, 1.54) is 16.7 Å². The van der Waals surface area contributed by atoms with Gasteiger partial charge in [0.15, 0.2) is 0 Å². The number of benzene rings is 2. The lowest BCUT2D eigenvalue weighted by Crippen LogP contribution is -2.15. The highest BCUT2D eigenvalue weighted by molar-refractivity contribution is 5.70. The Kier molecular flexibility index (Phi) is 2.70. The summed E-state index contributed by atoms with van der Waals surface area (Å²) < 4.78 is 0. The van der Waals surface area contributed by atoms with Gasteiger partial charge < -0.3 is 0 Å². The lowest BCUT2D eigenvalue weighted by atomic mass is 9.78. The van der Waals surface area contributed by atoms with Crippen LogP contribution in [0.1, 0.15) is 28.2 Å². The predicted molar refractivity (Wildman–Crippen MR) is 73.9 cm³/mol. The van der Waals surface area contributed by atoms with Crippen LogP contribution in [-0.4, -0.2) is 0 Å². The first-order chi connectivity index (χ1) is 8.86. The molecule has 0 spiro atoms. The molecule has 86 valence electrons. The molecule has 2 aromatic carbocycles. The van der Waals surface area contributed by atoms with Crippen molar-refractivity contribution >= 4 is 12.2 Å². The molecule has 0 bridgehead atoms. The van der Waals surface area contributed by atoms with E-state index < -0.39 is 0 Å². The normalized spacial score (nSPS) is 16.9. The summed E-state index contributed by atoms with van der Waals surface area (Å²) in [6.07, 6.45) is 5.11. The molecule has 1 unspecified atom stereocenters. The molecule has 0 N–H and O–H groups in total. The minimum atomic E-state index is 0.102. The standard InChI is InChI=1S/C17H13N/c18-12-16-11-15-9-8-14(10-17(15)16)7-6-13-4-2-1-3-5-13/h1-10,16H,11H2/b7-6+. The van der Waals surface area contributed by atoms with Crippen LogP contribution >= 0.6 is 0 Å². The summed E-state index contributed by atoms with van der Waals surface area (Å²) in [6, 6.07) is 18.9. The maximum Gasteiger partial charge on any atom is 0.0756 e. The molecule has 0 aliphatic heterocycles. The predicted octanol–water partition coefficient (Wildman–Crippen LogP) is 4.02. The van der Waals surface area contributed by atoms with Crippen molar-refractivity contribution in [2.24, 2.45) is 0 Å². The zero-order valence-electron chi connectivity index (χ0n) is 10.0. The van der Waals surface area contributed by atoms with Gasteiger partial charge in [-0.05, 0) is 28.7 Å². The van der Waals surface area contributed by atoms with Crippen LogP contribution in [0.25, 0.3) is 12.2 Å². The van der Waals surface area contributed by atoms with Gasteiger partial charge in [0.05, 0.1) is 12.0 Å². The molecule has 1 aliphatic carbocycles. The van der Waals surface area contributed by atoms with Gasteiger partial charge in [0.1, 0.15) is 0 Å². The van der Waals surface area contributed by atoms with Crippen LogP contribution in [0.2, 0.25) is 0 Å². The molecule has 1 nitrogen and oxygen atoms in total. The Bertz CT molecular complexity index is 632. The Morgan fingerprint density at radius 1 is 1.00 bits per heavy atom. The average molecular weight is 231 g/mol. The van der Waals surface area contributed by atoms with Crippen LogP contribution in [0.4, 0.5) is 0 Å². The van der Waals surface area contributed by atoms with E-state index in [1.807, 2.05) is 18.2 Å². The Labute approximate surface area is 107 Å². The molecule has 0 aromatic heterocycles. The first-order valence-corrected chi connectivity index (χ1v) is 6.12. The van der Waals surface area contributed by atoms with E-state index >= 15 is 0 Å². The van der Waals surface area contributed by atoms with Crippen molar-refractivity contribution in [3.8, 4) is 6.07 Å². The molecule has 1 aliphatic rings. The van der Waals surface area contributed by atoms with Gasteiger partial charge in [0.25, 0.3) is 0 Å². The topological polar surface area (TPSA) is 23.8 Å². The lowest BCUT2D eigenvalue weighted by Gasteiger charge is -2.24. The first kappa shape index (κ1) is 10.8. The van der Waals surface area contributed by atoms with E-state index in [1.54, 1.807) is 0 Å². The van der Waals surface area contributed by atoms with Crippen LogP contribution in [-0.2, 0) is 6.42 Å². The van der Waals surface area contributed by atoms with E-state index in [0.717, 1.165) is 12.0 Å². The average Bonchev–Trinajstić information content (AvgIpc) is 2.40. The van der Waals surface area contributed by atoms with E-state index in [0.29, 0.717) is 0 Å². The van der Waals surface area contributed by atoms with Gasteiger partial charge in [0.2, 0.25) is 0 Å². The minimum Gasteiger partial charge on any atom is -0.198 e. The molecule has 18 heavy (non-hydrogen) atoms. The van der Waals surface area contributed by atoms with Gasteiger partial charge in [-0.25, -0.2) is 0 Å². The molecule has 0 heterocycles. The SMILES string of the molecule is N#CC1Cc2ccc(/C=C/c3ccccc3)cc21. The van der Waals surface area contributed by atoms with Crippen LogP contribution in [0.15, 0.2) is 48.5 Å². The summed E-state index contributed by atoms with van der Waals surface area (Å²) in [5.74, 6) is 0.102. The largest absolute Gasteiger partial charge is 0.198 e. The molecular weight excluding hydrogens is 218 g/mol. The summed E-state index contributed by atoms with van der Waals surface area (Å²) in [7, 11) is 0. The van der Waals surface area contributed by atoms with E-state index in [-0.39, 0.29) is 5.92 Å². The molecule has 0 radical (unpaired) electrons. The lowest BCUT2D eigenvalue weighted by molar-refractivity contribution is 0.744. The monoisotopic (exact) mass is 231 g/mol. The number of rotatable bonds is 2. The van der Waals surface area contributed by atoms with Crippen molar-refractivity contribution in [2.45, 2.75) is 12.3 Å². The van der Waals surface area contributed by atoms with Crippen LogP contribution in [0, 0.1) is 11.3 Å². The van der Waals surface area contributed by atoms with Gasteiger partial charge in [-0.3, -0.25) is 0 Å². The summed E-state index contributed by atoms with van der Waals surface area (Å²) >= 11 is 0. The Hall–Kier alpha value is -2.33. The van der Waals surface area contributed by atoms with Gasteiger partial charge in [-0.15, -0.1) is 0 Å². The van der Waals surface area contributed by atoms with Gasteiger partial charge >= 0.3 is 0 Å². The van der Waals surface area contributed by atoms with Crippen molar-refractivity contribution < 1.29 is 0 Å². The van der Waals surface area contributed by atoms with Crippen molar-refractivity contribution in [1.29, 1.82) is 5.26 Å². The van der Waals surface area contributed by atoms with E-state index in [4.69, 9.17) is 5.26 Å². The maximum absolute atomic E-state index is 8.96. The summed E-state index contributed by atoms with van der Waals surface area (Å²) in [4.78, 5) is 0. The van der Waals surface area contributed by atoms with E-state index in [9.17, 15) is 0 Å². The van der Waals surface area contributed by atoms with Crippen molar-refractivity contribution in [2.75, 3.05) is 0 Å². The second-order valence-corrected chi connectivity index (χ2v) is 4.59. The third kappa shape index (κ3) is 1.94. The number of hydrogen-bond donors (Lipinski definition) is 0. The third-order valence-electron chi connectivity index (χ3n) is 3.39. The highest BCUT2D eigenvalue weighted by Gasteiger charge is 2.25. The fourth-order valence-corrected chi connectivity index (χ4v) is 2.30. The molecule has 2 aromatic rings. The minimum absolute atomic E-state index is 0.102.